The van der Waals surface area contributed by atoms with E-state index < -0.39 is 12.2 Å². The Morgan fingerprint density at radius 2 is 1.77 bits per heavy atom. The van der Waals surface area contributed by atoms with E-state index in [0.717, 1.165) is 6.42 Å². The second-order valence-corrected chi connectivity index (χ2v) is 3.20. The third-order valence-electron chi connectivity index (χ3n) is 1.91. The molecule has 0 saturated carbocycles. The molecule has 3 N–H and O–H groups in total. The summed E-state index contributed by atoms with van der Waals surface area (Å²) in [5.41, 5.74) is 0. The topological polar surface area (TPSA) is 60.7 Å². The lowest BCUT2D eigenvalue weighted by Gasteiger charge is -2.13. The average molecular weight is 188 g/mol. The highest BCUT2D eigenvalue weighted by atomic mass is 16.3. The number of aliphatic hydroxyl groups is 3. The summed E-state index contributed by atoms with van der Waals surface area (Å²) in [6, 6.07) is 0. The molecule has 0 aliphatic rings. The van der Waals surface area contributed by atoms with Gasteiger partial charge in [-0.1, -0.05) is 12.2 Å². The van der Waals surface area contributed by atoms with Crippen LogP contribution in [0.25, 0.3) is 0 Å². The lowest BCUT2D eigenvalue weighted by molar-refractivity contribution is 0.0608. The fraction of sp³-hybridized carbons (Fsp3) is 0.800. The Labute approximate surface area is 79.7 Å². The minimum absolute atomic E-state index is 0.0251. The second kappa shape index (κ2) is 8.23. The van der Waals surface area contributed by atoms with Crippen LogP contribution in [-0.2, 0) is 0 Å². The van der Waals surface area contributed by atoms with Gasteiger partial charge in [-0.25, -0.2) is 0 Å². The van der Waals surface area contributed by atoms with Crippen LogP contribution in [0.3, 0.4) is 0 Å². The number of rotatable bonds is 7. The summed E-state index contributed by atoms with van der Waals surface area (Å²) in [6.45, 7) is 1.91. The van der Waals surface area contributed by atoms with Crippen molar-refractivity contribution < 1.29 is 15.3 Å². The summed E-state index contributed by atoms with van der Waals surface area (Å²) < 4.78 is 0. The van der Waals surface area contributed by atoms with E-state index in [2.05, 4.69) is 0 Å². The molecule has 2 unspecified atom stereocenters. The molecule has 0 rings (SSSR count). The van der Waals surface area contributed by atoms with E-state index in [1.165, 1.54) is 0 Å². The van der Waals surface area contributed by atoms with E-state index in [1.807, 2.05) is 19.1 Å². The first kappa shape index (κ1) is 12.6. The number of hydrogen-bond donors (Lipinski definition) is 3. The molecule has 2 atom stereocenters. The van der Waals surface area contributed by atoms with Crippen molar-refractivity contribution in [3.63, 3.8) is 0 Å². The predicted octanol–water partition coefficient (Wildman–Crippen LogP) is 0.837. The number of allylic oxidation sites excluding steroid dienone is 2. The van der Waals surface area contributed by atoms with Gasteiger partial charge in [0.15, 0.2) is 0 Å². The van der Waals surface area contributed by atoms with Crippen LogP contribution in [-0.4, -0.2) is 34.1 Å². The first-order valence-electron chi connectivity index (χ1n) is 4.78. The van der Waals surface area contributed by atoms with E-state index in [0.29, 0.717) is 19.3 Å². The summed E-state index contributed by atoms with van der Waals surface area (Å²) in [6.07, 6.45) is 5.11. The summed E-state index contributed by atoms with van der Waals surface area (Å²) in [4.78, 5) is 0. The van der Waals surface area contributed by atoms with Gasteiger partial charge in [0, 0.05) is 6.61 Å². The molecular weight excluding hydrogens is 168 g/mol. The smallest absolute Gasteiger partial charge is 0.0586 e. The Balaban J connectivity index is 3.43. The lowest BCUT2D eigenvalue weighted by atomic mass is 10.1. The molecule has 0 bridgehead atoms. The monoisotopic (exact) mass is 188 g/mol. The molecule has 0 aliphatic carbocycles. The quantitative estimate of drug-likeness (QED) is 0.519. The standard InChI is InChI=1S/C10H20O3/c1-2-3-4-5-9(12)8-10(13)6-7-11/h2-3,9-13H,4-8H2,1H3/b3-2+. The van der Waals surface area contributed by atoms with Crippen LogP contribution in [0.2, 0.25) is 0 Å². The SMILES string of the molecule is C/C=C/CCC(O)CC(O)CCO. The van der Waals surface area contributed by atoms with E-state index >= 15 is 0 Å². The molecule has 3 nitrogen and oxygen atoms in total. The van der Waals surface area contributed by atoms with Gasteiger partial charge in [-0.2, -0.15) is 0 Å². The van der Waals surface area contributed by atoms with E-state index in [4.69, 9.17) is 5.11 Å². The van der Waals surface area contributed by atoms with Crippen molar-refractivity contribution in [1.82, 2.24) is 0 Å². The van der Waals surface area contributed by atoms with Crippen LogP contribution < -0.4 is 0 Å². The zero-order valence-corrected chi connectivity index (χ0v) is 8.19. The van der Waals surface area contributed by atoms with Gasteiger partial charge in [-0.05, 0) is 32.6 Å². The van der Waals surface area contributed by atoms with Crippen LogP contribution in [0.5, 0.6) is 0 Å². The third kappa shape index (κ3) is 7.96. The molecule has 0 aliphatic heterocycles. The summed E-state index contributed by atoms with van der Waals surface area (Å²) in [5, 5.41) is 27.1. The minimum atomic E-state index is -0.578. The third-order valence-corrected chi connectivity index (χ3v) is 1.91. The molecule has 0 spiro atoms. The Hall–Kier alpha value is -0.380. The summed E-state index contributed by atoms with van der Waals surface area (Å²) >= 11 is 0. The number of aliphatic hydroxyl groups excluding tert-OH is 3. The number of hydrogen-bond acceptors (Lipinski definition) is 3. The van der Waals surface area contributed by atoms with Crippen LogP contribution in [0.15, 0.2) is 12.2 Å². The van der Waals surface area contributed by atoms with E-state index in [9.17, 15) is 10.2 Å². The molecule has 0 saturated heterocycles. The molecule has 78 valence electrons. The maximum atomic E-state index is 9.40. The van der Waals surface area contributed by atoms with E-state index in [1.54, 1.807) is 0 Å². The molecule has 3 heteroatoms. The van der Waals surface area contributed by atoms with Crippen LogP contribution in [0.4, 0.5) is 0 Å². The molecule has 13 heavy (non-hydrogen) atoms. The largest absolute Gasteiger partial charge is 0.396 e. The van der Waals surface area contributed by atoms with Crippen LogP contribution in [0, 0.1) is 0 Å². The highest BCUT2D eigenvalue weighted by Gasteiger charge is 2.10. The van der Waals surface area contributed by atoms with Crippen molar-refractivity contribution in [2.75, 3.05) is 6.61 Å². The van der Waals surface area contributed by atoms with Crippen molar-refractivity contribution in [3.05, 3.63) is 12.2 Å². The molecule has 0 aromatic rings. The lowest BCUT2D eigenvalue weighted by Crippen LogP contribution is -2.18. The molecule has 0 aromatic carbocycles. The minimum Gasteiger partial charge on any atom is -0.396 e. The van der Waals surface area contributed by atoms with Gasteiger partial charge in [0.05, 0.1) is 12.2 Å². The Morgan fingerprint density at radius 3 is 2.31 bits per heavy atom. The maximum absolute atomic E-state index is 9.40. The Bertz CT molecular complexity index is 134. The normalized spacial score (nSPS) is 16.3. The van der Waals surface area contributed by atoms with Gasteiger partial charge >= 0.3 is 0 Å². The van der Waals surface area contributed by atoms with Gasteiger partial charge in [0.2, 0.25) is 0 Å². The van der Waals surface area contributed by atoms with Gasteiger partial charge in [-0.3, -0.25) is 0 Å². The van der Waals surface area contributed by atoms with Gasteiger partial charge in [0.25, 0.3) is 0 Å². The first-order valence-corrected chi connectivity index (χ1v) is 4.78. The summed E-state index contributed by atoms with van der Waals surface area (Å²) in [5.74, 6) is 0. The van der Waals surface area contributed by atoms with Gasteiger partial charge < -0.3 is 15.3 Å². The van der Waals surface area contributed by atoms with Crippen molar-refractivity contribution in [2.45, 2.75) is 44.8 Å². The average Bonchev–Trinajstić information content (AvgIpc) is 2.05. The Morgan fingerprint density at radius 1 is 1.15 bits per heavy atom. The zero-order valence-electron chi connectivity index (χ0n) is 8.19. The molecular formula is C10H20O3. The molecule has 0 radical (unpaired) electrons. The van der Waals surface area contributed by atoms with Gasteiger partial charge in [-0.15, -0.1) is 0 Å². The van der Waals surface area contributed by atoms with Crippen molar-refractivity contribution >= 4 is 0 Å². The predicted molar refractivity (Wildman–Crippen MR) is 52.4 cm³/mol. The summed E-state index contributed by atoms with van der Waals surface area (Å²) in [7, 11) is 0. The fourth-order valence-electron chi connectivity index (χ4n) is 1.15. The van der Waals surface area contributed by atoms with Gasteiger partial charge in [0.1, 0.15) is 0 Å². The fourth-order valence-corrected chi connectivity index (χ4v) is 1.15. The molecule has 0 amide bonds. The van der Waals surface area contributed by atoms with E-state index in [-0.39, 0.29) is 6.61 Å². The second-order valence-electron chi connectivity index (χ2n) is 3.20. The van der Waals surface area contributed by atoms with Crippen molar-refractivity contribution in [2.24, 2.45) is 0 Å². The van der Waals surface area contributed by atoms with Crippen LogP contribution >= 0.6 is 0 Å². The highest BCUT2D eigenvalue weighted by Crippen LogP contribution is 2.07. The Kier molecular flexibility index (Phi) is 7.99. The van der Waals surface area contributed by atoms with Crippen molar-refractivity contribution in [1.29, 1.82) is 0 Å². The molecule has 0 aromatic heterocycles. The first-order chi connectivity index (χ1) is 6.20. The molecule has 0 fully saturated rings. The van der Waals surface area contributed by atoms with Crippen LogP contribution in [0.1, 0.15) is 32.6 Å². The highest BCUT2D eigenvalue weighted by molar-refractivity contribution is 4.78. The zero-order chi connectivity index (χ0) is 10.1. The van der Waals surface area contributed by atoms with Crippen molar-refractivity contribution in [3.8, 4) is 0 Å². The maximum Gasteiger partial charge on any atom is 0.0586 e. The molecule has 0 heterocycles.